The SMILES string of the molecule is Cc1ccc(Cn2c(-c3ccc(Oc4ccc(NC(=O)C(N)=O)cc4)cc3)cc(C(F)(F)F)c(C#N)c2=O)c(C)c1. The Morgan fingerprint density at radius 3 is 2.12 bits per heavy atom. The van der Waals surface area contributed by atoms with Crippen molar-refractivity contribution < 1.29 is 27.5 Å². The van der Waals surface area contributed by atoms with Gasteiger partial charge in [0.05, 0.1) is 17.8 Å². The number of nitrogens with two attached hydrogens (primary N) is 1. The number of alkyl halides is 3. The van der Waals surface area contributed by atoms with Gasteiger partial charge in [0.1, 0.15) is 23.1 Å². The Morgan fingerprint density at radius 1 is 0.976 bits per heavy atom. The summed E-state index contributed by atoms with van der Waals surface area (Å²) >= 11 is 0. The molecule has 0 aliphatic heterocycles. The van der Waals surface area contributed by atoms with Gasteiger partial charge in [0.2, 0.25) is 0 Å². The van der Waals surface area contributed by atoms with Crippen molar-refractivity contribution in [3.05, 3.63) is 111 Å². The zero-order valence-electron chi connectivity index (χ0n) is 21.9. The molecule has 4 rings (SSSR count). The Hall–Kier alpha value is -5.37. The van der Waals surface area contributed by atoms with Gasteiger partial charge in [-0.2, -0.15) is 18.4 Å². The van der Waals surface area contributed by atoms with Gasteiger partial charge in [0.25, 0.3) is 5.56 Å². The van der Waals surface area contributed by atoms with Crippen LogP contribution in [0.1, 0.15) is 27.8 Å². The van der Waals surface area contributed by atoms with Gasteiger partial charge in [0.15, 0.2) is 0 Å². The number of pyridine rings is 1. The maximum Gasteiger partial charge on any atom is 0.417 e. The summed E-state index contributed by atoms with van der Waals surface area (Å²) in [6.07, 6.45) is -4.91. The second-order valence-electron chi connectivity index (χ2n) is 9.22. The minimum Gasteiger partial charge on any atom is -0.457 e. The number of nitriles is 1. The molecule has 41 heavy (non-hydrogen) atoms. The van der Waals surface area contributed by atoms with Gasteiger partial charge >= 0.3 is 18.0 Å². The highest BCUT2D eigenvalue weighted by atomic mass is 19.4. The zero-order valence-corrected chi connectivity index (χ0v) is 21.9. The summed E-state index contributed by atoms with van der Waals surface area (Å²) in [5, 5.41) is 11.8. The lowest BCUT2D eigenvalue weighted by molar-refractivity contribution is -0.137. The van der Waals surface area contributed by atoms with Crippen LogP contribution in [0.4, 0.5) is 18.9 Å². The van der Waals surface area contributed by atoms with Crippen LogP contribution in [0, 0.1) is 25.2 Å². The Labute approximate surface area is 232 Å². The number of aromatic nitrogens is 1. The van der Waals surface area contributed by atoms with Crippen LogP contribution >= 0.6 is 0 Å². The second-order valence-corrected chi connectivity index (χ2v) is 9.22. The van der Waals surface area contributed by atoms with E-state index in [1.165, 1.54) is 59.2 Å². The second kappa shape index (κ2) is 11.4. The van der Waals surface area contributed by atoms with Crippen molar-refractivity contribution in [2.45, 2.75) is 26.6 Å². The number of ether oxygens (including phenoxy) is 1. The molecule has 0 atom stereocenters. The number of amides is 2. The van der Waals surface area contributed by atoms with Gasteiger partial charge in [-0.05, 0) is 85.1 Å². The van der Waals surface area contributed by atoms with E-state index in [4.69, 9.17) is 10.5 Å². The molecule has 0 aliphatic rings. The highest BCUT2D eigenvalue weighted by Crippen LogP contribution is 2.34. The molecule has 3 aromatic carbocycles. The highest BCUT2D eigenvalue weighted by molar-refractivity contribution is 6.39. The van der Waals surface area contributed by atoms with Gasteiger partial charge in [-0.1, -0.05) is 23.8 Å². The summed E-state index contributed by atoms with van der Waals surface area (Å²) in [6, 6.07) is 19.9. The monoisotopic (exact) mass is 560 g/mol. The van der Waals surface area contributed by atoms with Crippen molar-refractivity contribution in [2.24, 2.45) is 5.73 Å². The Morgan fingerprint density at radius 2 is 1.59 bits per heavy atom. The van der Waals surface area contributed by atoms with Gasteiger partial charge in [-0.15, -0.1) is 0 Å². The molecule has 0 unspecified atom stereocenters. The van der Waals surface area contributed by atoms with E-state index in [0.717, 1.165) is 22.8 Å². The number of hydrogen-bond donors (Lipinski definition) is 2. The van der Waals surface area contributed by atoms with Crippen LogP contribution in [0.15, 0.2) is 77.6 Å². The number of carbonyl (C=O) groups excluding carboxylic acids is 2. The molecular weight excluding hydrogens is 537 g/mol. The molecule has 0 radical (unpaired) electrons. The van der Waals surface area contributed by atoms with Crippen LogP contribution in [-0.2, 0) is 22.3 Å². The van der Waals surface area contributed by atoms with Gasteiger partial charge in [0, 0.05) is 5.69 Å². The molecule has 0 saturated heterocycles. The van der Waals surface area contributed by atoms with Crippen molar-refractivity contribution in [2.75, 3.05) is 5.32 Å². The Bertz CT molecular complexity index is 1740. The van der Waals surface area contributed by atoms with Crippen molar-refractivity contribution in [3.63, 3.8) is 0 Å². The van der Waals surface area contributed by atoms with Crippen molar-refractivity contribution >= 4 is 17.5 Å². The van der Waals surface area contributed by atoms with E-state index in [0.29, 0.717) is 22.7 Å². The first kappa shape index (κ1) is 28.6. The first-order valence-corrected chi connectivity index (χ1v) is 12.2. The number of halogens is 3. The van der Waals surface area contributed by atoms with Crippen molar-refractivity contribution in [1.82, 2.24) is 4.57 Å². The molecule has 208 valence electrons. The van der Waals surface area contributed by atoms with E-state index >= 15 is 0 Å². The summed E-state index contributed by atoms with van der Waals surface area (Å²) < 4.78 is 48.5. The van der Waals surface area contributed by atoms with E-state index in [1.54, 1.807) is 6.07 Å². The number of rotatable bonds is 6. The Balaban J connectivity index is 1.70. The number of carbonyl (C=O) groups is 2. The van der Waals surface area contributed by atoms with Crippen LogP contribution < -0.4 is 21.3 Å². The molecule has 1 heterocycles. The maximum atomic E-state index is 13.9. The molecule has 0 saturated carbocycles. The number of anilines is 1. The lowest BCUT2D eigenvalue weighted by Gasteiger charge is -2.19. The third kappa shape index (κ3) is 6.45. The lowest BCUT2D eigenvalue weighted by Crippen LogP contribution is -2.29. The number of benzene rings is 3. The average molecular weight is 561 g/mol. The van der Waals surface area contributed by atoms with Crippen LogP contribution in [0.3, 0.4) is 0 Å². The molecule has 2 amide bonds. The van der Waals surface area contributed by atoms with Gasteiger partial charge in [-0.3, -0.25) is 14.4 Å². The fourth-order valence-corrected chi connectivity index (χ4v) is 4.20. The average Bonchev–Trinajstić information content (AvgIpc) is 2.91. The molecule has 4 aromatic rings. The minimum atomic E-state index is -4.91. The molecule has 3 N–H and O–H groups in total. The first-order valence-electron chi connectivity index (χ1n) is 12.2. The molecule has 0 aliphatic carbocycles. The number of hydrogen-bond acceptors (Lipinski definition) is 5. The number of nitrogens with zero attached hydrogens (tertiary/aromatic N) is 2. The summed E-state index contributed by atoms with van der Waals surface area (Å²) in [6.45, 7) is 3.71. The fraction of sp³-hybridized carbons (Fsp3) is 0.133. The van der Waals surface area contributed by atoms with E-state index in [2.05, 4.69) is 5.32 Å². The molecule has 1 aromatic heterocycles. The molecular formula is C30H23F3N4O4. The zero-order chi connectivity index (χ0) is 29.9. The summed E-state index contributed by atoms with van der Waals surface area (Å²) in [5.74, 6) is -1.38. The highest BCUT2D eigenvalue weighted by Gasteiger charge is 2.36. The molecule has 0 bridgehead atoms. The maximum absolute atomic E-state index is 13.9. The predicted molar refractivity (Wildman–Crippen MR) is 145 cm³/mol. The van der Waals surface area contributed by atoms with Crippen molar-refractivity contribution in [3.8, 4) is 28.8 Å². The molecule has 0 spiro atoms. The molecule has 11 heteroatoms. The normalized spacial score (nSPS) is 11.0. The summed E-state index contributed by atoms with van der Waals surface area (Å²) in [5.41, 5.74) is 4.78. The molecule has 0 fully saturated rings. The topological polar surface area (TPSA) is 127 Å². The minimum absolute atomic E-state index is 0.0117. The fourth-order valence-electron chi connectivity index (χ4n) is 4.20. The quantitative estimate of drug-likeness (QED) is 0.310. The first-order chi connectivity index (χ1) is 19.4. The van der Waals surface area contributed by atoms with Gasteiger partial charge in [-0.25, -0.2) is 0 Å². The van der Waals surface area contributed by atoms with Crippen LogP contribution in [-0.4, -0.2) is 16.4 Å². The largest absolute Gasteiger partial charge is 0.457 e. The smallest absolute Gasteiger partial charge is 0.417 e. The Kier molecular flexibility index (Phi) is 7.96. The van der Waals surface area contributed by atoms with Crippen LogP contribution in [0.5, 0.6) is 11.5 Å². The van der Waals surface area contributed by atoms with E-state index in [-0.39, 0.29) is 12.2 Å². The lowest BCUT2D eigenvalue weighted by atomic mass is 10.0. The van der Waals surface area contributed by atoms with E-state index < -0.39 is 34.7 Å². The van der Waals surface area contributed by atoms with Crippen molar-refractivity contribution in [1.29, 1.82) is 5.26 Å². The van der Waals surface area contributed by atoms with E-state index in [1.807, 2.05) is 26.0 Å². The number of aryl methyl sites for hydroxylation is 2. The third-order valence-electron chi connectivity index (χ3n) is 6.27. The third-order valence-corrected chi connectivity index (χ3v) is 6.27. The number of primary amides is 1. The standard InChI is InChI=1S/C30H23F3N4O4/c1-17-3-4-20(18(2)13-17)16-37-26(14-25(30(31,32)33)24(15-34)29(37)40)19-5-9-22(10-6-19)41-23-11-7-21(8-12-23)36-28(39)27(35)38/h3-14H,16H2,1-2H3,(H2,35,38)(H,36,39). The van der Waals surface area contributed by atoms with Crippen LogP contribution in [0.25, 0.3) is 11.3 Å². The summed E-state index contributed by atoms with van der Waals surface area (Å²) in [4.78, 5) is 35.6. The van der Waals surface area contributed by atoms with Gasteiger partial charge < -0.3 is 20.4 Å². The van der Waals surface area contributed by atoms with E-state index in [9.17, 15) is 32.8 Å². The van der Waals surface area contributed by atoms with Crippen LogP contribution in [0.2, 0.25) is 0 Å². The summed E-state index contributed by atoms with van der Waals surface area (Å²) in [7, 11) is 0. The molecule has 8 nitrogen and oxygen atoms in total. The predicted octanol–water partition coefficient (Wildman–Crippen LogP) is 5.29. The number of nitrogens with one attached hydrogen (secondary N) is 1.